The fraction of sp³-hybridized carbons (Fsp3) is 0.787. The Kier molecular flexibility index (Phi) is 34.5. The molecule has 1 aliphatic rings. The SMILES string of the molecule is CCCCC/C=C/C/C=C/C/C=C/CCCCCCC(=O)OC[C@H](CO[C@H]1O[C@H](CS(=O)(=O)O)[C@@H](O)C(O)C1O)OC(=O)CCCCCCC/C=C/CCCCCCCC. The summed E-state index contributed by atoms with van der Waals surface area (Å²) in [5.74, 6) is -2.02. The van der Waals surface area contributed by atoms with Crippen LogP contribution in [0.2, 0.25) is 0 Å². The Morgan fingerprint density at radius 3 is 1.53 bits per heavy atom. The number of hydrogen-bond donors (Lipinski definition) is 4. The van der Waals surface area contributed by atoms with Gasteiger partial charge in [-0.05, 0) is 77.0 Å². The van der Waals surface area contributed by atoms with Gasteiger partial charge in [0.15, 0.2) is 12.4 Å². The van der Waals surface area contributed by atoms with Gasteiger partial charge in [-0.15, -0.1) is 0 Å². The number of esters is 2. The quantitative estimate of drug-likeness (QED) is 0.0200. The van der Waals surface area contributed by atoms with Crippen molar-refractivity contribution in [2.24, 2.45) is 0 Å². The third-order valence-electron chi connectivity index (χ3n) is 10.4. The van der Waals surface area contributed by atoms with E-state index in [-0.39, 0.29) is 19.4 Å². The molecule has 0 saturated carbocycles. The molecule has 0 amide bonds. The van der Waals surface area contributed by atoms with Crippen molar-refractivity contribution in [3.63, 3.8) is 0 Å². The highest BCUT2D eigenvalue weighted by Gasteiger charge is 2.46. The summed E-state index contributed by atoms with van der Waals surface area (Å²) in [5, 5.41) is 30.9. The molecule has 4 N–H and O–H groups in total. The largest absolute Gasteiger partial charge is 0.462 e. The molecule has 0 aromatic heterocycles. The molecule has 0 aliphatic carbocycles. The van der Waals surface area contributed by atoms with Crippen molar-refractivity contribution >= 4 is 22.1 Å². The Hall–Kier alpha value is -2.39. The van der Waals surface area contributed by atoms with Crippen LogP contribution in [-0.2, 0) is 38.7 Å². The van der Waals surface area contributed by atoms with E-state index in [1.54, 1.807) is 0 Å². The number of aliphatic hydroxyl groups is 3. The number of unbranched alkanes of at least 4 members (excludes halogenated alkanes) is 18. The Bertz CT molecular complexity index is 1300. The predicted octanol–water partition coefficient (Wildman–Crippen LogP) is 9.56. The smallest absolute Gasteiger partial charge is 0.306 e. The van der Waals surface area contributed by atoms with E-state index >= 15 is 0 Å². The highest BCUT2D eigenvalue weighted by Crippen LogP contribution is 2.24. The normalized spacial score (nSPS) is 20.5. The Labute approximate surface area is 363 Å². The molecule has 0 bridgehead atoms. The van der Waals surface area contributed by atoms with Gasteiger partial charge in [-0.1, -0.05) is 140 Å². The molecule has 2 unspecified atom stereocenters. The van der Waals surface area contributed by atoms with Gasteiger partial charge < -0.3 is 34.3 Å². The maximum absolute atomic E-state index is 12.8. The minimum Gasteiger partial charge on any atom is -0.462 e. The highest BCUT2D eigenvalue weighted by atomic mass is 32.2. The lowest BCUT2D eigenvalue weighted by atomic mass is 10.00. The monoisotopic (exact) mass is 871 g/mol. The van der Waals surface area contributed by atoms with Crippen LogP contribution in [0.15, 0.2) is 48.6 Å². The van der Waals surface area contributed by atoms with Gasteiger partial charge in [0, 0.05) is 12.8 Å². The average Bonchev–Trinajstić information content (AvgIpc) is 3.21. The number of aliphatic hydroxyl groups excluding tert-OH is 3. The van der Waals surface area contributed by atoms with Gasteiger partial charge in [0.05, 0.1) is 6.61 Å². The fourth-order valence-electron chi connectivity index (χ4n) is 6.74. The maximum Gasteiger partial charge on any atom is 0.306 e. The summed E-state index contributed by atoms with van der Waals surface area (Å²) in [4.78, 5) is 25.4. The molecule has 0 radical (unpaired) electrons. The topological polar surface area (TPSA) is 186 Å². The third kappa shape index (κ3) is 31.5. The zero-order valence-electron chi connectivity index (χ0n) is 37.1. The van der Waals surface area contributed by atoms with Crippen LogP contribution in [-0.4, -0.2) is 96.0 Å². The first-order valence-corrected chi connectivity index (χ1v) is 24.8. The average molecular weight is 871 g/mol. The van der Waals surface area contributed by atoms with Crippen LogP contribution in [0.4, 0.5) is 0 Å². The molecule has 12 nitrogen and oxygen atoms in total. The van der Waals surface area contributed by atoms with E-state index in [2.05, 4.69) is 62.5 Å². The zero-order chi connectivity index (χ0) is 44.1. The van der Waals surface area contributed by atoms with Gasteiger partial charge in [0.2, 0.25) is 0 Å². The van der Waals surface area contributed by atoms with Crippen LogP contribution in [0, 0.1) is 0 Å². The standard InChI is InChI=1S/C47H82O12S/c1-3-5-7-9-11-13-15-17-19-20-22-23-25-27-29-31-33-35-42(48)56-37-40(38-57-47-46(52)45(51)44(50)41(59-47)39-60(53,54)55)58-43(49)36-34-32-30-28-26-24-21-18-16-14-12-10-8-6-4-2/h11,13,17-19,21-23,40-41,44-47,50-52H,3-10,12,14-16,20,24-39H2,1-2H3,(H,53,54,55)/b13-11+,19-17+,21-18+,23-22+/t40-,41-,44-,45?,46?,47+/m1/s1. The molecule has 0 spiro atoms. The third-order valence-corrected chi connectivity index (χ3v) is 11.1. The summed E-state index contributed by atoms with van der Waals surface area (Å²) in [6.07, 6.45) is 34.3. The number of ether oxygens (including phenoxy) is 4. The lowest BCUT2D eigenvalue weighted by molar-refractivity contribution is -0.297. The summed E-state index contributed by atoms with van der Waals surface area (Å²) in [6.45, 7) is 3.70. The summed E-state index contributed by atoms with van der Waals surface area (Å²) in [5.41, 5.74) is 0. The molecule has 1 heterocycles. The van der Waals surface area contributed by atoms with Crippen molar-refractivity contribution in [2.75, 3.05) is 19.0 Å². The van der Waals surface area contributed by atoms with Crippen LogP contribution < -0.4 is 0 Å². The molecule has 0 aromatic carbocycles. The van der Waals surface area contributed by atoms with Crippen LogP contribution in [0.1, 0.15) is 181 Å². The second-order valence-electron chi connectivity index (χ2n) is 16.1. The summed E-state index contributed by atoms with van der Waals surface area (Å²) in [7, 11) is -4.61. The molecule has 0 aromatic rings. The minimum absolute atomic E-state index is 0.148. The first kappa shape index (κ1) is 55.6. The first-order valence-electron chi connectivity index (χ1n) is 23.2. The molecule has 1 rings (SSSR count). The van der Waals surface area contributed by atoms with Gasteiger partial charge >= 0.3 is 11.9 Å². The van der Waals surface area contributed by atoms with Crippen LogP contribution in [0.25, 0.3) is 0 Å². The van der Waals surface area contributed by atoms with E-state index in [1.807, 2.05) is 0 Å². The number of allylic oxidation sites excluding steroid dienone is 8. The first-order chi connectivity index (χ1) is 29.0. The molecular weight excluding hydrogens is 789 g/mol. The van der Waals surface area contributed by atoms with Crippen LogP contribution in [0.3, 0.4) is 0 Å². The van der Waals surface area contributed by atoms with E-state index in [4.69, 9.17) is 18.9 Å². The van der Waals surface area contributed by atoms with E-state index in [0.717, 1.165) is 83.5 Å². The number of carbonyl (C=O) groups is 2. The number of carbonyl (C=O) groups excluding carboxylic acids is 2. The molecule has 6 atom stereocenters. The van der Waals surface area contributed by atoms with E-state index in [9.17, 15) is 37.9 Å². The zero-order valence-corrected chi connectivity index (χ0v) is 37.9. The molecule has 1 aliphatic heterocycles. The van der Waals surface area contributed by atoms with Gasteiger partial charge in [-0.2, -0.15) is 8.42 Å². The van der Waals surface area contributed by atoms with Gasteiger partial charge in [-0.3, -0.25) is 14.1 Å². The minimum atomic E-state index is -4.61. The van der Waals surface area contributed by atoms with Gasteiger partial charge in [0.25, 0.3) is 10.1 Å². The van der Waals surface area contributed by atoms with Crippen molar-refractivity contribution in [3.05, 3.63) is 48.6 Å². The van der Waals surface area contributed by atoms with E-state index in [1.165, 1.54) is 57.8 Å². The molecule has 13 heteroatoms. The summed E-state index contributed by atoms with van der Waals surface area (Å²) < 4.78 is 54.1. The Morgan fingerprint density at radius 2 is 1.00 bits per heavy atom. The van der Waals surface area contributed by atoms with Crippen molar-refractivity contribution in [1.82, 2.24) is 0 Å². The van der Waals surface area contributed by atoms with Gasteiger partial charge in [0.1, 0.15) is 36.8 Å². The number of hydrogen-bond acceptors (Lipinski definition) is 11. The molecule has 1 fully saturated rings. The maximum atomic E-state index is 12.8. The summed E-state index contributed by atoms with van der Waals surface area (Å²) in [6, 6.07) is 0. The van der Waals surface area contributed by atoms with Crippen molar-refractivity contribution in [2.45, 2.75) is 218 Å². The highest BCUT2D eigenvalue weighted by molar-refractivity contribution is 7.85. The molecule has 1 saturated heterocycles. The van der Waals surface area contributed by atoms with Crippen LogP contribution >= 0.6 is 0 Å². The lowest BCUT2D eigenvalue weighted by Crippen LogP contribution is -2.60. The van der Waals surface area contributed by atoms with E-state index in [0.29, 0.717) is 12.8 Å². The Balaban J connectivity index is 2.46. The van der Waals surface area contributed by atoms with E-state index < -0.39 is 71.2 Å². The Morgan fingerprint density at radius 1 is 0.567 bits per heavy atom. The number of rotatable bonds is 38. The summed E-state index contributed by atoms with van der Waals surface area (Å²) >= 11 is 0. The van der Waals surface area contributed by atoms with Crippen molar-refractivity contribution < 1.29 is 56.8 Å². The molecular formula is C47H82O12S. The molecule has 60 heavy (non-hydrogen) atoms. The fourth-order valence-corrected chi connectivity index (χ4v) is 7.43. The second-order valence-corrected chi connectivity index (χ2v) is 17.6. The van der Waals surface area contributed by atoms with Crippen molar-refractivity contribution in [1.29, 1.82) is 0 Å². The van der Waals surface area contributed by atoms with Crippen molar-refractivity contribution in [3.8, 4) is 0 Å². The lowest BCUT2D eigenvalue weighted by Gasteiger charge is -2.40. The molecule has 348 valence electrons. The predicted molar refractivity (Wildman–Crippen MR) is 238 cm³/mol. The van der Waals surface area contributed by atoms with Crippen LogP contribution in [0.5, 0.6) is 0 Å². The second kappa shape index (κ2) is 37.2. The van der Waals surface area contributed by atoms with Gasteiger partial charge in [-0.25, -0.2) is 0 Å².